The van der Waals surface area contributed by atoms with Crippen molar-refractivity contribution in [1.82, 2.24) is 0 Å². The second kappa shape index (κ2) is 5.69. The number of benzene rings is 1. The highest BCUT2D eigenvalue weighted by Crippen LogP contribution is 2.33. The number of thioether (sulfide) groups is 1. The monoisotopic (exact) mass is 270 g/mol. The highest BCUT2D eigenvalue weighted by atomic mass is 32.2. The van der Waals surface area contributed by atoms with Crippen LogP contribution in [-0.2, 0) is 0 Å². The van der Waals surface area contributed by atoms with Crippen LogP contribution >= 0.6 is 11.8 Å². The number of anilines is 2. The Morgan fingerprint density at radius 1 is 1.44 bits per heavy atom. The molecule has 0 bridgehead atoms. The number of nitrogens with two attached hydrogens (primary N) is 1. The Bertz CT molecular complexity index is 428. The van der Waals surface area contributed by atoms with Crippen LogP contribution in [-0.4, -0.2) is 24.7 Å². The number of rotatable bonds is 4. The predicted molar refractivity (Wildman–Crippen MR) is 75.9 cm³/mol. The van der Waals surface area contributed by atoms with Crippen molar-refractivity contribution < 1.29 is 9.13 Å². The number of hydrogen-bond acceptors (Lipinski definition) is 4. The van der Waals surface area contributed by atoms with Gasteiger partial charge >= 0.3 is 0 Å². The van der Waals surface area contributed by atoms with Crippen LogP contribution in [0.1, 0.15) is 19.3 Å². The second-order valence-electron chi connectivity index (χ2n) is 4.59. The Labute approximate surface area is 111 Å². The number of nitrogens with one attached hydrogen (secondary N) is 1. The molecule has 0 aromatic heterocycles. The summed E-state index contributed by atoms with van der Waals surface area (Å²) >= 11 is 1.91. The number of hydrogen-bond donors (Lipinski definition) is 2. The van der Waals surface area contributed by atoms with Crippen LogP contribution in [0.15, 0.2) is 12.1 Å². The van der Waals surface area contributed by atoms with Gasteiger partial charge in [0.1, 0.15) is 0 Å². The molecule has 1 aromatic carbocycles. The molecule has 1 aromatic rings. The van der Waals surface area contributed by atoms with E-state index in [4.69, 9.17) is 10.5 Å². The summed E-state index contributed by atoms with van der Waals surface area (Å²) in [6.07, 6.45) is 5.62. The maximum Gasteiger partial charge on any atom is 0.167 e. The Balaban J connectivity index is 2.09. The van der Waals surface area contributed by atoms with Crippen molar-refractivity contribution in [1.29, 1.82) is 0 Å². The van der Waals surface area contributed by atoms with Crippen molar-refractivity contribution in [3.63, 3.8) is 0 Å². The highest BCUT2D eigenvalue weighted by Gasteiger charge is 2.24. The Kier molecular flexibility index (Phi) is 4.22. The van der Waals surface area contributed by atoms with E-state index >= 15 is 0 Å². The van der Waals surface area contributed by atoms with Crippen molar-refractivity contribution in [2.45, 2.75) is 30.6 Å². The molecule has 0 aliphatic heterocycles. The molecule has 0 amide bonds. The van der Waals surface area contributed by atoms with Crippen molar-refractivity contribution in [3.05, 3.63) is 17.9 Å². The standard InChI is InChI=1S/C13H19FN2OS/c1-17-13-7-12(11(15)6-10(13)14)16-8-3-4-9(5-8)18-2/h6-9,16H,3-5,15H2,1-2H3. The van der Waals surface area contributed by atoms with E-state index in [1.807, 2.05) is 11.8 Å². The Hall–Kier alpha value is -1.10. The molecule has 18 heavy (non-hydrogen) atoms. The number of nitrogen functional groups attached to an aromatic ring is 1. The minimum absolute atomic E-state index is 0.228. The molecule has 1 fully saturated rings. The zero-order chi connectivity index (χ0) is 13.1. The number of halogens is 1. The van der Waals surface area contributed by atoms with E-state index in [1.165, 1.54) is 19.6 Å². The summed E-state index contributed by atoms with van der Waals surface area (Å²) in [6, 6.07) is 3.36. The quantitative estimate of drug-likeness (QED) is 0.825. The highest BCUT2D eigenvalue weighted by molar-refractivity contribution is 7.99. The molecule has 3 nitrogen and oxygen atoms in total. The lowest BCUT2D eigenvalue weighted by atomic mass is 10.2. The minimum Gasteiger partial charge on any atom is -0.494 e. The average Bonchev–Trinajstić information content (AvgIpc) is 2.80. The fraction of sp³-hybridized carbons (Fsp3) is 0.538. The summed E-state index contributed by atoms with van der Waals surface area (Å²) in [7, 11) is 1.46. The molecule has 0 saturated heterocycles. The maximum atomic E-state index is 13.4. The second-order valence-corrected chi connectivity index (χ2v) is 5.72. The predicted octanol–water partition coefficient (Wildman–Crippen LogP) is 3.11. The summed E-state index contributed by atoms with van der Waals surface area (Å²) in [4.78, 5) is 0. The number of ether oxygens (including phenoxy) is 1. The van der Waals surface area contributed by atoms with E-state index < -0.39 is 5.82 Å². The van der Waals surface area contributed by atoms with Gasteiger partial charge in [0.05, 0.1) is 18.5 Å². The third-order valence-corrected chi connectivity index (χ3v) is 4.50. The van der Waals surface area contributed by atoms with Gasteiger partial charge in [-0.15, -0.1) is 0 Å². The molecule has 0 spiro atoms. The maximum absolute atomic E-state index is 13.4. The molecular weight excluding hydrogens is 251 g/mol. The average molecular weight is 270 g/mol. The van der Waals surface area contributed by atoms with Gasteiger partial charge in [-0.2, -0.15) is 11.8 Å². The van der Waals surface area contributed by atoms with Gasteiger partial charge in [-0.1, -0.05) is 0 Å². The van der Waals surface area contributed by atoms with Crippen LogP contribution in [0, 0.1) is 5.82 Å². The van der Waals surface area contributed by atoms with Crippen LogP contribution in [0.5, 0.6) is 5.75 Å². The van der Waals surface area contributed by atoms with Crippen LogP contribution in [0.4, 0.5) is 15.8 Å². The summed E-state index contributed by atoms with van der Waals surface area (Å²) in [5.41, 5.74) is 7.02. The van der Waals surface area contributed by atoms with Crippen molar-refractivity contribution >= 4 is 23.1 Å². The summed E-state index contributed by atoms with van der Waals surface area (Å²) in [6.45, 7) is 0. The van der Waals surface area contributed by atoms with E-state index in [0.717, 1.165) is 18.5 Å². The first-order chi connectivity index (χ1) is 8.63. The van der Waals surface area contributed by atoms with Crippen molar-refractivity contribution in [2.75, 3.05) is 24.4 Å². The molecule has 2 unspecified atom stereocenters. The fourth-order valence-electron chi connectivity index (χ4n) is 2.36. The lowest BCUT2D eigenvalue weighted by molar-refractivity contribution is 0.387. The zero-order valence-electron chi connectivity index (χ0n) is 10.7. The van der Waals surface area contributed by atoms with Crippen molar-refractivity contribution in [2.24, 2.45) is 0 Å². The van der Waals surface area contributed by atoms with Gasteiger partial charge in [0, 0.05) is 23.4 Å². The van der Waals surface area contributed by atoms with E-state index in [-0.39, 0.29) is 5.75 Å². The van der Waals surface area contributed by atoms with Crippen molar-refractivity contribution in [3.8, 4) is 5.75 Å². The summed E-state index contributed by atoms with van der Waals surface area (Å²) < 4.78 is 18.4. The molecule has 3 N–H and O–H groups in total. The van der Waals surface area contributed by atoms with Crippen LogP contribution < -0.4 is 15.8 Å². The fourth-order valence-corrected chi connectivity index (χ4v) is 3.15. The molecule has 2 rings (SSSR count). The van der Waals surface area contributed by atoms with Gasteiger partial charge in [0.15, 0.2) is 11.6 Å². The number of methoxy groups -OCH3 is 1. The molecule has 0 radical (unpaired) electrons. The third-order valence-electron chi connectivity index (χ3n) is 3.40. The summed E-state index contributed by atoms with van der Waals surface area (Å²) in [5.74, 6) is -0.194. The molecule has 2 atom stereocenters. The SMILES string of the molecule is COc1cc(NC2CCC(SC)C2)c(N)cc1F. The zero-order valence-corrected chi connectivity index (χ0v) is 11.5. The van der Waals surface area contributed by atoms with Crippen LogP contribution in [0.3, 0.4) is 0 Å². The van der Waals surface area contributed by atoms with Gasteiger partial charge in [-0.3, -0.25) is 0 Å². The molecule has 1 saturated carbocycles. The molecule has 100 valence electrons. The third kappa shape index (κ3) is 2.83. The van der Waals surface area contributed by atoms with E-state index in [2.05, 4.69) is 11.6 Å². The van der Waals surface area contributed by atoms with Gasteiger partial charge in [-0.05, 0) is 25.5 Å². The van der Waals surface area contributed by atoms with Gasteiger partial charge < -0.3 is 15.8 Å². The molecule has 5 heteroatoms. The first-order valence-electron chi connectivity index (χ1n) is 6.06. The van der Waals surface area contributed by atoms with E-state index in [0.29, 0.717) is 17.0 Å². The van der Waals surface area contributed by atoms with Crippen LogP contribution in [0.25, 0.3) is 0 Å². The lowest BCUT2D eigenvalue weighted by Crippen LogP contribution is -2.17. The molecule has 1 aliphatic carbocycles. The Morgan fingerprint density at radius 2 is 2.22 bits per heavy atom. The molecular formula is C13H19FN2OS. The van der Waals surface area contributed by atoms with Gasteiger partial charge in [0.2, 0.25) is 0 Å². The van der Waals surface area contributed by atoms with Gasteiger partial charge in [-0.25, -0.2) is 4.39 Å². The summed E-state index contributed by atoms with van der Waals surface area (Å²) in [5, 5.41) is 4.10. The topological polar surface area (TPSA) is 47.3 Å². The van der Waals surface area contributed by atoms with E-state index in [9.17, 15) is 4.39 Å². The normalized spacial score (nSPS) is 23.1. The van der Waals surface area contributed by atoms with Crippen LogP contribution in [0.2, 0.25) is 0 Å². The smallest absolute Gasteiger partial charge is 0.167 e. The molecule has 1 aliphatic rings. The minimum atomic E-state index is -0.422. The Morgan fingerprint density at radius 3 is 2.83 bits per heavy atom. The lowest BCUT2D eigenvalue weighted by Gasteiger charge is -2.17. The first kappa shape index (κ1) is 13.3. The van der Waals surface area contributed by atoms with E-state index in [1.54, 1.807) is 6.07 Å². The largest absolute Gasteiger partial charge is 0.494 e. The first-order valence-corrected chi connectivity index (χ1v) is 7.35. The molecule has 0 heterocycles. The van der Waals surface area contributed by atoms with Gasteiger partial charge in [0.25, 0.3) is 0 Å².